The highest BCUT2D eigenvalue weighted by molar-refractivity contribution is 5.88. The van der Waals surface area contributed by atoms with E-state index in [1.807, 2.05) is 0 Å². The first kappa shape index (κ1) is 29.4. The molecule has 5 rings (SSSR count). The highest BCUT2D eigenvalue weighted by Crippen LogP contribution is 2.45. The first-order chi connectivity index (χ1) is 19.6. The Bertz CT molecular complexity index is 1440. The molecule has 9 atom stereocenters. The van der Waals surface area contributed by atoms with Crippen LogP contribution in [-0.2, 0) is 9.47 Å². The fourth-order valence-electron chi connectivity index (χ4n) is 5.42. The van der Waals surface area contributed by atoms with Crippen LogP contribution in [0.2, 0.25) is 0 Å². The molecule has 8 N–H and O–H groups in total. The Labute approximate surface area is 233 Å². The van der Waals surface area contributed by atoms with Crippen LogP contribution in [0.1, 0.15) is 29.8 Å². The second kappa shape index (κ2) is 11.6. The van der Waals surface area contributed by atoms with Gasteiger partial charge in [-0.15, -0.1) is 0 Å². The Morgan fingerprint density at radius 2 is 1.54 bits per heavy atom. The summed E-state index contributed by atoms with van der Waals surface area (Å²) in [6, 6.07) is 8.90. The minimum atomic E-state index is -1.53. The predicted octanol–water partition coefficient (Wildman–Crippen LogP) is -0.767. The molecule has 2 fully saturated rings. The lowest BCUT2D eigenvalue weighted by atomic mass is 9.91. The summed E-state index contributed by atoms with van der Waals surface area (Å²) in [5.41, 5.74) is 0.375. The fraction of sp³-hybridized carbons (Fsp3) is 0.464. The maximum atomic E-state index is 13.2. The molecule has 1 unspecified atom stereocenters. The second-order valence-corrected chi connectivity index (χ2v) is 10.2. The van der Waals surface area contributed by atoms with Crippen LogP contribution in [0.15, 0.2) is 45.6 Å². The summed E-state index contributed by atoms with van der Waals surface area (Å²) >= 11 is 0. The molecule has 1 aromatic heterocycles. The van der Waals surface area contributed by atoms with E-state index in [0.29, 0.717) is 11.1 Å². The third-order valence-corrected chi connectivity index (χ3v) is 7.70. The molecule has 2 aliphatic rings. The van der Waals surface area contributed by atoms with E-state index in [1.165, 1.54) is 19.2 Å². The second-order valence-electron chi connectivity index (χ2n) is 10.2. The van der Waals surface area contributed by atoms with E-state index in [1.54, 1.807) is 24.3 Å². The van der Waals surface area contributed by atoms with E-state index in [4.69, 9.17) is 18.6 Å². The van der Waals surface area contributed by atoms with Gasteiger partial charge in [-0.3, -0.25) is 4.79 Å². The van der Waals surface area contributed by atoms with Gasteiger partial charge in [0.2, 0.25) is 0 Å². The minimum absolute atomic E-state index is 0.00119. The van der Waals surface area contributed by atoms with Gasteiger partial charge in [-0.2, -0.15) is 0 Å². The molecule has 0 saturated carbocycles. The van der Waals surface area contributed by atoms with Crippen LogP contribution < -0.4 is 10.2 Å². The minimum Gasteiger partial charge on any atom is -0.506 e. The number of ether oxygens (including phenoxy) is 3. The summed E-state index contributed by atoms with van der Waals surface area (Å²) in [6.45, 7) is -1.14. The summed E-state index contributed by atoms with van der Waals surface area (Å²) < 4.78 is 22.7. The van der Waals surface area contributed by atoms with Crippen LogP contribution in [0, 0.1) is 0 Å². The molecule has 0 aliphatic carbocycles. The number of phenolic OH excluding ortho intramolecular Hbond substituents is 1. The molecule has 3 heterocycles. The Balaban J connectivity index is 1.49. The van der Waals surface area contributed by atoms with E-state index in [0.717, 1.165) is 0 Å². The topological polar surface area (TPSA) is 220 Å². The average molecular weight is 577 g/mol. The van der Waals surface area contributed by atoms with Crippen molar-refractivity contribution in [1.82, 2.24) is 0 Å². The van der Waals surface area contributed by atoms with Crippen molar-refractivity contribution >= 4 is 11.0 Å². The van der Waals surface area contributed by atoms with Gasteiger partial charge in [-0.25, -0.2) is 0 Å². The van der Waals surface area contributed by atoms with Crippen molar-refractivity contribution < 1.29 is 59.5 Å². The zero-order chi connectivity index (χ0) is 29.6. The van der Waals surface area contributed by atoms with Gasteiger partial charge in [0.05, 0.1) is 38.1 Å². The van der Waals surface area contributed by atoms with E-state index in [-0.39, 0.29) is 34.5 Å². The lowest BCUT2D eigenvalue weighted by Crippen LogP contribution is -2.55. The monoisotopic (exact) mass is 576 g/mol. The van der Waals surface area contributed by atoms with Crippen LogP contribution >= 0.6 is 0 Å². The number of hydrogen-bond donors (Lipinski definition) is 8. The third kappa shape index (κ3) is 5.20. The van der Waals surface area contributed by atoms with Gasteiger partial charge in [0.1, 0.15) is 71.0 Å². The normalized spacial score (nSPS) is 32.2. The number of methoxy groups -OCH3 is 1. The highest BCUT2D eigenvalue weighted by Gasteiger charge is 2.44. The molecule has 0 bridgehead atoms. The molecule has 13 heteroatoms. The van der Waals surface area contributed by atoms with Crippen molar-refractivity contribution in [3.63, 3.8) is 0 Å². The lowest BCUT2D eigenvalue weighted by Gasteiger charge is -2.40. The van der Waals surface area contributed by atoms with Gasteiger partial charge >= 0.3 is 0 Å². The van der Waals surface area contributed by atoms with E-state index in [2.05, 4.69) is 0 Å². The number of aromatic hydroxyl groups is 1. The van der Waals surface area contributed by atoms with Crippen LogP contribution in [-0.4, -0.2) is 104 Å². The van der Waals surface area contributed by atoms with Crippen molar-refractivity contribution in [3.8, 4) is 22.8 Å². The van der Waals surface area contributed by atoms with Crippen LogP contribution in [0.4, 0.5) is 0 Å². The summed E-state index contributed by atoms with van der Waals surface area (Å²) in [4.78, 5) is 13.2. The first-order valence-corrected chi connectivity index (χ1v) is 13.0. The Hall–Kier alpha value is -3.11. The number of benzene rings is 2. The first-order valence-electron chi connectivity index (χ1n) is 13.0. The van der Waals surface area contributed by atoms with Crippen LogP contribution in [0.5, 0.6) is 11.5 Å². The van der Waals surface area contributed by atoms with Crippen molar-refractivity contribution in [1.29, 1.82) is 0 Å². The molecule has 2 aromatic carbocycles. The summed E-state index contributed by atoms with van der Waals surface area (Å²) in [6.07, 6.45) is -11.4. The van der Waals surface area contributed by atoms with E-state index < -0.39 is 79.3 Å². The van der Waals surface area contributed by atoms with Gasteiger partial charge in [0, 0.05) is 24.1 Å². The van der Waals surface area contributed by atoms with Crippen LogP contribution in [0.3, 0.4) is 0 Å². The van der Waals surface area contributed by atoms with Gasteiger partial charge in [-0.1, -0.05) is 24.3 Å². The number of fused-ring (bicyclic) bond motifs is 1. The number of hydrogen-bond acceptors (Lipinski definition) is 13. The number of rotatable bonds is 6. The molecule has 222 valence electrons. The molecule has 3 aromatic rings. The lowest BCUT2D eigenvalue weighted by molar-refractivity contribution is -0.231. The summed E-state index contributed by atoms with van der Waals surface area (Å²) in [5.74, 6) is -0.244. The predicted molar refractivity (Wildman–Crippen MR) is 140 cm³/mol. The van der Waals surface area contributed by atoms with Crippen molar-refractivity contribution in [2.45, 2.75) is 61.4 Å². The molecular formula is C28H32O13. The van der Waals surface area contributed by atoms with Gasteiger partial charge < -0.3 is 59.5 Å². The van der Waals surface area contributed by atoms with Gasteiger partial charge in [0.25, 0.3) is 0 Å². The van der Waals surface area contributed by atoms with Crippen LogP contribution in [0.25, 0.3) is 22.3 Å². The fourth-order valence-corrected chi connectivity index (χ4v) is 5.42. The van der Waals surface area contributed by atoms with Crippen molar-refractivity contribution in [3.05, 3.63) is 57.7 Å². The van der Waals surface area contributed by atoms with Crippen molar-refractivity contribution in [2.75, 3.05) is 20.3 Å². The quantitative estimate of drug-likeness (QED) is 0.181. The standard InChI is InChI=1S/C28H32O13/c1-38-16-8-18-21(25(35)22(16)17-7-14(32)23(33)19(9-29)40-17)13(31)6-15(39-18)11-2-4-12(5-3-11)28-27(37)26(36)24(34)20(10-30)41-28/h2-6,8,14,17,19-20,23-24,26-30,32-37H,7,9-10H2,1H3/t14-,17-,19-,20+,23-,24+,26-,27+,28?/m1/s1. The average Bonchev–Trinajstić information content (AvgIpc) is 2.97. The zero-order valence-corrected chi connectivity index (χ0v) is 21.9. The largest absolute Gasteiger partial charge is 0.506 e. The molecule has 0 spiro atoms. The Kier molecular flexibility index (Phi) is 8.34. The number of aliphatic hydroxyl groups is 7. The molecular weight excluding hydrogens is 544 g/mol. The number of phenols is 1. The number of aliphatic hydroxyl groups excluding tert-OH is 7. The molecule has 2 aliphatic heterocycles. The molecule has 41 heavy (non-hydrogen) atoms. The molecule has 0 radical (unpaired) electrons. The van der Waals surface area contributed by atoms with Gasteiger partial charge in [0.15, 0.2) is 5.43 Å². The Morgan fingerprint density at radius 1 is 0.878 bits per heavy atom. The van der Waals surface area contributed by atoms with E-state index in [9.17, 15) is 45.6 Å². The molecule has 13 nitrogen and oxygen atoms in total. The molecule has 2 saturated heterocycles. The maximum absolute atomic E-state index is 13.2. The third-order valence-electron chi connectivity index (χ3n) is 7.70. The summed E-state index contributed by atoms with van der Waals surface area (Å²) in [7, 11) is 1.33. The van der Waals surface area contributed by atoms with Gasteiger partial charge in [-0.05, 0) is 5.56 Å². The van der Waals surface area contributed by atoms with E-state index >= 15 is 0 Å². The highest BCUT2D eigenvalue weighted by atomic mass is 16.5. The maximum Gasteiger partial charge on any atom is 0.197 e. The Morgan fingerprint density at radius 3 is 2.17 bits per heavy atom. The SMILES string of the molecule is COc1cc2oc(-c3ccc(C4O[C@@H](CO)[C@H](O)[C@@H](O)[C@@H]4O)cc3)cc(=O)c2c(O)c1[C@H]1C[C@@H](O)[C@@H](O)[C@@H](CO)O1. The summed E-state index contributed by atoms with van der Waals surface area (Å²) in [5, 5.41) is 80.8. The molecule has 0 amide bonds. The van der Waals surface area contributed by atoms with Crippen molar-refractivity contribution in [2.24, 2.45) is 0 Å². The zero-order valence-electron chi connectivity index (χ0n) is 21.9. The smallest absolute Gasteiger partial charge is 0.197 e.